The Balaban J connectivity index is 1.77. The summed E-state index contributed by atoms with van der Waals surface area (Å²) in [5, 5.41) is 4.65. The number of hydrogen-bond acceptors (Lipinski definition) is 2. The van der Waals surface area contributed by atoms with Crippen LogP contribution in [0.1, 0.15) is 19.4 Å². The van der Waals surface area contributed by atoms with Gasteiger partial charge in [-0.25, -0.2) is 4.98 Å². The Morgan fingerprint density at radius 1 is 1.14 bits per heavy atom. The highest BCUT2D eigenvalue weighted by atomic mass is 35.5. The highest BCUT2D eigenvalue weighted by molar-refractivity contribution is 6.42. The molecule has 0 fully saturated rings. The second kappa shape index (κ2) is 5.82. The Morgan fingerprint density at radius 2 is 1.95 bits per heavy atom. The van der Waals surface area contributed by atoms with E-state index in [9.17, 15) is 0 Å². The lowest BCUT2D eigenvalue weighted by Gasteiger charge is -2.26. The van der Waals surface area contributed by atoms with Crippen molar-refractivity contribution in [3.63, 3.8) is 0 Å². The number of hydrogen-bond donors (Lipinski definition) is 1. The standard InChI is InChI=1S/C17H17Cl2N3/c1-17(2,12-3-5-14(18)15(19)9-12)11-21-13-4-6-16-20-7-8-22(16)10-13/h3-10,21H,11H2,1-2H3. The number of anilines is 1. The second-order valence-corrected chi connectivity index (χ2v) is 6.79. The molecule has 0 atom stereocenters. The SMILES string of the molecule is CC(C)(CNc1ccc2nccn2c1)c1ccc(Cl)c(Cl)c1. The van der Waals surface area contributed by atoms with Gasteiger partial charge in [-0.15, -0.1) is 0 Å². The van der Waals surface area contributed by atoms with Crippen LogP contribution < -0.4 is 5.32 Å². The average molecular weight is 334 g/mol. The van der Waals surface area contributed by atoms with Gasteiger partial charge in [0.2, 0.25) is 0 Å². The molecule has 5 heteroatoms. The smallest absolute Gasteiger partial charge is 0.136 e. The molecule has 0 bridgehead atoms. The van der Waals surface area contributed by atoms with Crippen LogP contribution in [0, 0.1) is 0 Å². The van der Waals surface area contributed by atoms with Gasteiger partial charge < -0.3 is 9.72 Å². The van der Waals surface area contributed by atoms with E-state index in [1.54, 1.807) is 6.20 Å². The predicted molar refractivity (Wildman–Crippen MR) is 93.2 cm³/mol. The number of rotatable bonds is 4. The minimum absolute atomic E-state index is 0.0713. The third-order valence-corrected chi connectivity index (χ3v) is 4.56. The van der Waals surface area contributed by atoms with Gasteiger partial charge in [0.1, 0.15) is 5.65 Å². The van der Waals surface area contributed by atoms with Crippen LogP contribution in [0.25, 0.3) is 5.65 Å². The molecule has 0 aliphatic carbocycles. The van der Waals surface area contributed by atoms with Gasteiger partial charge in [-0.2, -0.15) is 0 Å². The van der Waals surface area contributed by atoms with E-state index in [1.165, 1.54) is 0 Å². The first-order valence-corrected chi connectivity index (χ1v) is 7.83. The van der Waals surface area contributed by atoms with E-state index in [0.29, 0.717) is 10.0 Å². The lowest BCUT2D eigenvalue weighted by molar-refractivity contribution is 0.557. The third kappa shape index (κ3) is 3.06. The molecule has 0 aliphatic rings. The fraction of sp³-hybridized carbons (Fsp3) is 0.235. The monoisotopic (exact) mass is 333 g/mol. The maximum Gasteiger partial charge on any atom is 0.136 e. The van der Waals surface area contributed by atoms with Gasteiger partial charge in [0, 0.05) is 30.6 Å². The molecule has 0 aliphatic heterocycles. The molecule has 3 nitrogen and oxygen atoms in total. The van der Waals surface area contributed by atoms with Crippen molar-refractivity contribution in [2.75, 3.05) is 11.9 Å². The van der Waals surface area contributed by atoms with Crippen LogP contribution >= 0.6 is 23.2 Å². The highest BCUT2D eigenvalue weighted by Gasteiger charge is 2.21. The van der Waals surface area contributed by atoms with Crippen molar-refractivity contribution < 1.29 is 0 Å². The number of halogens is 2. The predicted octanol–water partition coefficient (Wildman–Crippen LogP) is 5.03. The largest absolute Gasteiger partial charge is 0.383 e. The lowest BCUT2D eigenvalue weighted by atomic mass is 9.84. The summed E-state index contributed by atoms with van der Waals surface area (Å²) in [7, 11) is 0. The van der Waals surface area contributed by atoms with Crippen molar-refractivity contribution in [1.29, 1.82) is 0 Å². The first kappa shape index (κ1) is 15.2. The van der Waals surface area contributed by atoms with E-state index < -0.39 is 0 Å². The van der Waals surface area contributed by atoms with E-state index in [-0.39, 0.29) is 5.41 Å². The molecule has 3 rings (SSSR count). The molecule has 1 N–H and O–H groups in total. The first-order chi connectivity index (χ1) is 10.5. The minimum atomic E-state index is -0.0713. The maximum atomic E-state index is 6.13. The van der Waals surface area contributed by atoms with E-state index in [1.807, 2.05) is 47.1 Å². The van der Waals surface area contributed by atoms with Gasteiger partial charge in [0.05, 0.1) is 15.7 Å². The molecule has 0 saturated heterocycles. The fourth-order valence-corrected chi connectivity index (χ4v) is 2.66. The summed E-state index contributed by atoms with van der Waals surface area (Å²) in [6, 6.07) is 9.83. The van der Waals surface area contributed by atoms with Crippen LogP contribution in [0.4, 0.5) is 5.69 Å². The van der Waals surface area contributed by atoms with Crippen molar-refractivity contribution in [1.82, 2.24) is 9.38 Å². The maximum absolute atomic E-state index is 6.13. The molecule has 0 amide bonds. The number of fused-ring (bicyclic) bond motifs is 1. The van der Waals surface area contributed by atoms with Crippen LogP contribution in [-0.2, 0) is 5.41 Å². The van der Waals surface area contributed by atoms with Crippen molar-refractivity contribution in [3.05, 3.63) is 64.5 Å². The molecule has 0 radical (unpaired) electrons. The molecular weight excluding hydrogens is 317 g/mol. The Kier molecular flexibility index (Phi) is 4.02. The molecule has 1 aromatic carbocycles. The zero-order chi connectivity index (χ0) is 15.7. The Labute approximate surface area is 139 Å². The summed E-state index contributed by atoms with van der Waals surface area (Å²) in [5.41, 5.74) is 3.07. The van der Waals surface area contributed by atoms with E-state index >= 15 is 0 Å². The van der Waals surface area contributed by atoms with Gasteiger partial charge >= 0.3 is 0 Å². The number of imidazole rings is 1. The number of nitrogens with zero attached hydrogens (tertiary/aromatic N) is 2. The van der Waals surface area contributed by atoms with Gasteiger partial charge in [0.25, 0.3) is 0 Å². The Morgan fingerprint density at radius 3 is 2.73 bits per heavy atom. The quantitative estimate of drug-likeness (QED) is 0.725. The highest BCUT2D eigenvalue weighted by Crippen LogP contribution is 2.30. The van der Waals surface area contributed by atoms with Crippen LogP contribution in [0.15, 0.2) is 48.9 Å². The fourth-order valence-electron chi connectivity index (χ4n) is 2.37. The molecule has 114 valence electrons. The summed E-state index contributed by atoms with van der Waals surface area (Å²) in [6.07, 6.45) is 5.76. The summed E-state index contributed by atoms with van der Waals surface area (Å²) in [5.74, 6) is 0. The van der Waals surface area contributed by atoms with Gasteiger partial charge in [-0.3, -0.25) is 0 Å². The normalized spacial score (nSPS) is 11.8. The summed E-state index contributed by atoms with van der Waals surface area (Å²) in [4.78, 5) is 4.24. The number of pyridine rings is 1. The van der Waals surface area contributed by atoms with E-state index in [4.69, 9.17) is 23.2 Å². The van der Waals surface area contributed by atoms with Gasteiger partial charge in [-0.05, 0) is 29.8 Å². The van der Waals surface area contributed by atoms with Crippen molar-refractivity contribution in [2.45, 2.75) is 19.3 Å². The summed E-state index contributed by atoms with van der Waals surface area (Å²) < 4.78 is 1.99. The Bertz CT molecular complexity index is 809. The second-order valence-electron chi connectivity index (χ2n) is 5.98. The van der Waals surface area contributed by atoms with E-state index in [0.717, 1.165) is 23.4 Å². The van der Waals surface area contributed by atoms with Gasteiger partial charge in [0.15, 0.2) is 0 Å². The number of aromatic nitrogens is 2. The zero-order valence-electron chi connectivity index (χ0n) is 12.5. The minimum Gasteiger partial charge on any atom is -0.383 e. The molecule has 0 saturated carbocycles. The average Bonchev–Trinajstić information content (AvgIpc) is 2.95. The molecule has 2 aromatic heterocycles. The molecule has 22 heavy (non-hydrogen) atoms. The van der Waals surface area contributed by atoms with Gasteiger partial charge in [-0.1, -0.05) is 43.1 Å². The molecule has 0 spiro atoms. The number of benzene rings is 1. The molecular formula is C17H17Cl2N3. The lowest BCUT2D eigenvalue weighted by Crippen LogP contribution is -2.27. The molecule has 3 aromatic rings. The zero-order valence-corrected chi connectivity index (χ0v) is 14.0. The Hall–Kier alpha value is -1.71. The number of nitrogens with one attached hydrogen (secondary N) is 1. The third-order valence-electron chi connectivity index (χ3n) is 3.82. The van der Waals surface area contributed by atoms with Crippen LogP contribution in [-0.4, -0.2) is 15.9 Å². The molecule has 2 heterocycles. The van der Waals surface area contributed by atoms with Crippen LogP contribution in [0.3, 0.4) is 0 Å². The summed E-state index contributed by atoms with van der Waals surface area (Å²) >= 11 is 12.1. The topological polar surface area (TPSA) is 29.3 Å². The van der Waals surface area contributed by atoms with Crippen molar-refractivity contribution >= 4 is 34.5 Å². The van der Waals surface area contributed by atoms with Crippen LogP contribution in [0.5, 0.6) is 0 Å². The van der Waals surface area contributed by atoms with Crippen molar-refractivity contribution in [3.8, 4) is 0 Å². The van der Waals surface area contributed by atoms with E-state index in [2.05, 4.69) is 24.1 Å². The molecule has 0 unspecified atom stereocenters. The van der Waals surface area contributed by atoms with Crippen molar-refractivity contribution in [2.24, 2.45) is 0 Å². The first-order valence-electron chi connectivity index (χ1n) is 7.08. The summed E-state index contributed by atoms with van der Waals surface area (Å²) in [6.45, 7) is 5.13. The van der Waals surface area contributed by atoms with Crippen LogP contribution in [0.2, 0.25) is 10.0 Å².